The molecule has 0 fully saturated rings. The second kappa shape index (κ2) is 11.5. The van der Waals surface area contributed by atoms with Crippen LogP contribution in [0.2, 0.25) is 0 Å². The first-order chi connectivity index (χ1) is 19.3. The van der Waals surface area contributed by atoms with Crippen molar-refractivity contribution in [2.24, 2.45) is 0 Å². The number of allylic oxidation sites excluding steroid dienone is 5. The maximum Gasteiger partial charge on any atom is 0.269 e. The number of hydrogen-bond acceptors (Lipinski definition) is 7. The Morgan fingerprint density at radius 1 is 1.00 bits per heavy atom. The summed E-state index contributed by atoms with van der Waals surface area (Å²) in [5.41, 5.74) is 6.00. The first kappa shape index (κ1) is 27.4. The quantitative estimate of drug-likeness (QED) is 0.207. The molecule has 0 unspecified atom stereocenters. The van der Waals surface area contributed by atoms with E-state index in [4.69, 9.17) is 9.47 Å². The van der Waals surface area contributed by atoms with Gasteiger partial charge in [-0.3, -0.25) is 19.7 Å². The highest BCUT2D eigenvalue weighted by Gasteiger charge is 2.42. The summed E-state index contributed by atoms with van der Waals surface area (Å²) in [5.74, 6) is 0.862. The van der Waals surface area contributed by atoms with E-state index in [-0.39, 0.29) is 23.9 Å². The van der Waals surface area contributed by atoms with Gasteiger partial charge in [0.2, 0.25) is 0 Å². The maximum atomic E-state index is 13.4. The standard InChI is InChI=1S/C32H34N2O6/c1-4-8-21-17-22(18-28(39-5-2)32(21)40-19-20-13-15-23(16-14-20)34(37)38)29-30-24(9-6-11-26(30)35)33(3)25-10-7-12-27(36)31(25)29/h4,13-18,29H,1,5-12,19H2,2-3H3. The lowest BCUT2D eigenvalue weighted by atomic mass is 9.71. The number of ether oxygens (including phenoxy) is 2. The molecule has 8 heteroatoms. The van der Waals surface area contributed by atoms with E-state index < -0.39 is 10.8 Å². The number of non-ortho nitro benzene ring substituents is 1. The van der Waals surface area contributed by atoms with Crippen molar-refractivity contribution in [1.82, 2.24) is 4.90 Å². The molecule has 0 saturated heterocycles. The molecular formula is C32H34N2O6. The molecule has 0 radical (unpaired) electrons. The summed E-state index contributed by atoms with van der Waals surface area (Å²) in [6.45, 7) is 6.42. The third-order valence-electron chi connectivity index (χ3n) is 7.93. The fraction of sp³-hybridized carbons (Fsp3) is 0.375. The average molecular weight is 543 g/mol. The molecule has 0 amide bonds. The van der Waals surface area contributed by atoms with Gasteiger partial charge in [0.05, 0.1) is 11.5 Å². The largest absolute Gasteiger partial charge is 0.490 e. The lowest BCUT2D eigenvalue weighted by molar-refractivity contribution is -0.384. The Morgan fingerprint density at radius 2 is 1.62 bits per heavy atom. The number of nitro groups is 1. The van der Waals surface area contributed by atoms with Gasteiger partial charge >= 0.3 is 0 Å². The molecule has 0 bridgehead atoms. The Hall–Kier alpha value is -4.20. The van der Waals surface area contributed by atoms with Crippen LogP contribution in [0.4, 0.5) is 5.69 Å². The molecule has 1 heterocycles. The number of hydrogen-bond donors (Lipinski definition) is 0. The average Bonchev–Trinajstić information content (AvgIpc) is 2.94. The number of nitro benzene ring substituents is 1. The van der Waals surface area contributed by atoms with Crippen LogP contribution in [0.3, 0.4) is 0 Å². The van der Waals surface area contributed by atoms with Gasteiger partial charge in [0.15, 0.2) is 23.1 Å². The van der Waals surface area contributed by atoms with Gasteiger partial charge in [0.25, 0.3) is 5.69 Å². The molecule has 0 saturated carbocycles. The van der Waals surface area contributed by atoms with Crippen molar-refractivity contribution < 1.29 is 24.0 Å². The highest BCUT2D eigenvalue weighted by atomic mass is 16.6. The summed E-state index contributed by atoms with van der Waals surface area (Å²) in [7, 11) is 1.99. The minimum Gasteiger partial charge on any atom is -0.490 e. The second-order valence-corrected chi connectivity index (χ2v) is 10.4. The molecule has 40 heavy (non-hydrogen) atoms. The third kappa shape index (κ3) is 5.06. The van der Waals surface area contributed by atoms with Crippen LogP contribution < -0.4 is 9.47 Å². The monoisotopic (exact) mass is 542 g/mol. The molecule has 2 aliphatic carbocycles. The number of carbonyl (C=O) groups excluding carboxylic acids is 2. The summed E-state index contributed by atoms with van der Waals surface area (Å²) in [6.07, 6.45) is 6.49. The van der Waals surface area contributed by atoms with E-state index in [0.29, 0.717) is 37.4 Å². The normalized spacial score (nSPS) is 17.5. The molecule has 0 atom stereocenters. The number of carbonyl (C=O) groups is 2. The number of ketones is 2. The van der Waals surface area contributed by atoms with Crippen LogP contribution in [-0.4, -0.2) is 35.0 Å². The zero-order valence-corrected chi connectivity index (χ0v) is 23.0. The molecule has 8 nitrogen and oxygen atoms in total. The molecule has 1 aliphatic heterocycles. The summed E-state index contributed by atoms with van der Waals surface area (Å²) in [6, 6.07) is 10.2. The van der Waals surface area contributed by atoms with Gasteiger partial charge in [-0.25, -0.2) is 0 Å². The van der Waals surface area contributed by atoms with Crippen LogP contribution in [-0.2, 0) is 22.6 Å². The maximum absolute atomic E-state index is 13.4. The van der Waals surface area contributed by atoms with Crippen molar-refractivity contribution in [1.29, 1.82) is 0 Å². The number of Topliss-reactive ketones (excluding diaryl/α,β-unsaturated/α-hetero) is 2. The molecule has 2 aromatic carbocycles. The smallest absolute Gasteiger partial charge is 0.269 e. The number of benzene rings is 2. The first-order valence-corrected chi connectivity index (χ1v) is 13.9. The van der Waals surface area contributed by atoms with E-state index in [9.17, 15) is 19.7 Å². The molecule has 5 rings (SSSR count). The fourth-order valence-electron chi connectivity index (χ4n) is 6.14. The van der Waals surface area contributed by atoms with Gasteiger partial charge in [0, 0.05) is 66.0 Å². The summed E-state index contributed by atoms with van der Waals surface area (Å²) >= 11 is 0. The van der Waals surface area contributed by atoms with E-state index in [1.165, 1.54) is 12.1 Å². The second-order valence-electron chi connectivity index (χ2n) is 10.4. The minimum atomic E-state index is -0.437. The Kier molecular flexibility index (Phi) is 7.87. The van der Waals surface area contributed by atoms with Crippen LogP contribution >= 0.6 is 0 Å². The van der Waals surface area contributed by atoms with E-state index in [1.54, 1.807) is 18.2 Å². The molecule has 0 N–H and O–H groups in total. The van der Waals surface area contributed by atoms with Gasteiger partial charge in [-0.05, 0) is 68.4 Å². The van der Waals surface area contributed by atoms with Crippen molar-refractivity contribution in [3.8, 4) is 11.5 Å². The molecule has 3 aliphatic rings. The number of rotatable bonds is 9. The van der Waals surface area contributed by atoms with Crippen LogP contribution in [0.25, 0.3) is 0 Å². The highest BCUT2D eigenvalue weighted by Crippen LogP contribution is 2.50. The van der Waals surface area contributed by atoms with Gasteiger partial charge in [-0.2, -0.15) is 0 Å². The molecule has 0 spiro atoms. The SMILES string of the molecule is C=CCc1cc(C2C3=C(CCCC3=O)N(C)C3=C2C(=O)CCC3)cc(OCC)c1OCc1ccc([N+](=O)[O-])cc1. The predicted octanol–water partition coefficient (Wildman–Crippen LogP) is 6.34. The van der Waals surface area contributed by atoms with E-state index in [0.717, 1.165) is 64.9 Å². The van der Waals surface area contributed by atoms with E-state index in [2.05, 4.69) is 11.5 Å². The predicted molar refractivity (Wildman–Crippen MR) is 151 cm³/mol. The van der Waals surface area contributed by atoms with Crippen molar-refractivity contribution in [2.75, 3.05) is 13.7 Å². The van der Waals surface area contributed by atoms with Crippen LogP contribution in [0, 0.1) is 10.1 Å². The fourth-order valence-corrected chi connectivity index (χ4v) is 6.14. The first-order valence-electron chi connectivity index (χ1n) is 13.9. The van der Waals surface area contributed by atoms with Crippen LogP contribution in [0.5, 0.6) is 11.5 Å². The van der Waals surface area contributed by atoms with Gasteiger partial charge in [0.1, 0.15) is 6.61 Å². The molecular weight excluding hydrogens is 508 g/mol. The lowest BCUT2D eigenvalue weighted by Crippen LogP contribution is -2.37. The zero-order chi connectivity index (χ0) is 28.4. The Labute approximate surface area is 234 Å². The van der Waals surface area contributed by atoms with E-state index >= 15 is 0 Å². The Bertz CT molecular complexity index is 1390. The summed E-state index contributed by atoms with van der Waals surface area (Å²) in [4.78, 5) is 39.5. The highest BCUT2D eigenvalue weighted by molar-refractivity contribution is 6.06. The molecule has 0 aromatic heterocycles. The minimum absolute atomic E-state index is 0.0189. The third-order valence-corrected chi connectivity index (χ3v) is 7.93. The lowest BCUT2D eigenvalue weighted by Gasteiger charge is -2.42. The van der Waals surface area contributed by atoms with Gasteiger partial charge in [-0.1, -0.05) is 12.1 Å². The van der Waals surface area contributed by atoms with Crippen LogP contribution in [0.1, 0.15) is 68.1 Å². The van der Waals surface area contributed by atoms with Crippen molar-refractivity contribution in [3.05, 3.63) is 98.4 Å². The van der Waals surface area contributed by atoms with Crippen molar-refractivity contribution in [2.45, 2.75) is 64.4 Å². The molecule has 208 valence electrons. The summed E-state index contributed by atoms with van der Waals surface area (Å²) < 4.78 is 12.3. The Morgan fingerprint density at radius 3 is 2.17 bits per heavy atom. The number of nitrogens with zero attached hydrogens (tertiary/aromatic N) is 2. The van der Waals surface area contributed by atoms with Crippen LogP contribution in [0.15, 0.2) is 71.6 Å². The van der Waals surface area contributed by atoms with Crippen molar-refractivity contribution >= 4 is 17.3 Å². The topological polar surface area (TPSA) is 99.0 Å². The van der Waals surface area contributed by atoms with Crippen molar-refractivity contribution in [3.63, 3.8) is 0 Å². The summed E-state index contributed by atoms with van der Waals surface area (Å²) in [5, 5.41) is 11.0. The zero-order valence-electron chi connectivity index (χ0n) is 23.0. The molecule has 2 aromatic rings. The van der Waals surface area contributed by atoms with Gasteiger partial charge in [-0.15, -0.1) is 6.58 Å². The van der Waals surface area contributed by atoms with E-state index in [1.807, 2.05) is 26.1 Å². The Balaban J connectivity index is 1.60. The van der Waals surface area contributed by atoms with Gasteiger partial charge < -0.3 is 14.4 Å².